The second-order valence-corrected chi connectivity index (χ2v) is 4.40. The highest BCUT2D eigenvalue weighted by Gasteiger charge is 2.55. The summed E-state index contributed by atoms with van der Waals surface area (Å²) in [6.45, 7) is 4.01. The minimum atomic E-state index is -0.662. The van der Waals surface area contributed by atoms with Crippen LogP contribution in [-0.4, -0.2) is 30.2 Å². The van der Waals surface area contributed by atoms with E-state index in [9.17, 15) is 9.59 Å². The largest absolute Gasteiger partial charge is 0.345 e. The summed E-state index contributed by atoms with van der Waals surface area (Å²) in [6.07, 6.45) is 3.12. The van der Waals surface area contributed by atoms with Crippen molar-refractivity contribution in [2.24, 2.45) is 5.41 Å². The summed E-state index contributed by atoms with van der Waals surface area (Å²) in [4.78, 5) is 25.1. The van der Waals surface area contributed by atoms with Gasteiger partial charge >= 0.3 is 0 Å². The van der Waals surface area contributed by atoms with Gasteiger partial charge in [-0.3, -0.25) is 9.59 Å². The van der Waals surface area contributed by atoms with Crippen molar-refractivity contribution in [1.29, 1.82) is 0 Å². The molecule has 0 atom stereocenters. The number of Topliss-reactive ketones (excluding diaryl/α,β-unsaturated/α-hetero) is 1. The molecule has 3 nitrogen and oxygen atoms in total. The van der Waals surface area contributed by atoms with E-state index < -0.39 is 5.41 Å². The average Bonchev–Trinajstić information content (AvgIpc) is 3.04. The van der Waals surface area contributed by atoms with Crippen molar-refractivity contribution in [1.82, 2.24) is 4.90 Å². The van der Waals surface area contributed by atoms with Crippen molar-refractivity contribution in [3.05, 3.63) is 0 Å². The van der Waals surface area contributed by atoms with Crippen molar-refractivity contribution < 1.29 is 9.59 Å². The quantitative estimate of drug-likeness (QED) is 0.402. The van der Waals surface area contributed by atoms with Crippen molar-refractivity contribution in [3.63, 3.8) is 0 Å². The van der Waals surface area contributed by atoms with Crippen LogP contribution in [0.3, 0.4) is 0 Å². The molecule has 1 rings (SSSR count). The highest BCUT2D eigenvalue weighted by atomic mass is 16.2. The number of carbonyl (C=O) groups excluding carboxylic acids is 2. The summed E-state index contributed by atoms with van der Waals surface area (Å²) >= 11 is 0. The van der Waals surface area contributed by atoms with Crippen molar-refractivity contribution in [2.75, 3.05) is 13.6 Å². The molecule has 0 heterocycles. The Morgan fingerprint density at radius 1 is 1.38 bits per heavy atom. The van der Waals surface area contributed by atoms with E-state index in [0.29, 0.717) is 6.54 Å². The lowest BCUT2D eigenvalue weighted by atomic mass is 10.0. The van der Waals surface area contributed by atoms with Crippen LogP contribution in [0.25, 0.3) is 0 Å². The Kier molecular flexibility index (Phi) is 4.12. The Hall–Kier alpha value is -1.30. The zero-order chi connectivity index (χ0) is 12.2. The van der Waals surface area contributed by atoms with Crippen LogP contribution in [0.4, 0.5) is 0 Å². The summed E-state index contributed by atoms with van der Waals surface area (Å²) in [6, 6.07) is 0. The number of carbonyl (C=O) groups is 2. The number of ketones is 1. The van der Waals surface area contributed by atoms with Crippen LogP contribution >= 0.6 is 0 Å². The number of amides is 1. The summed E-state index contributed by atoms with van der Waals surface area (Å²) in [5.74, 6) is 5.79. The predicted octanol–water partition coefficient (Wildman–Crippen LogP) is 1.62. The maximum absolute atomic E-state index is 12.0. The molecule has 0 aromatic carbocycles. The van der Waals surface area contributed by atoms with Gasteiger partial charge < -0.3 is 4.90 Å². The smallest absolute Gasteiger partial charge is 0.235 e. The molecular weight excluding hydrogens is 202 g/mol. The first-order valence-corrected chi connectivity index (χ1v) is 5.71. The third kappa shape index (κ3) is 2.63. The molecule has 0 bridgehead atoms. The lowest BCUT2D eigenvalue weighted by Crippen LogP contribution is -2.38. The molecule has 88 valence electrons. The van der Waals surface area contributed by atoms with Crippen molar-refractivity contribution in [3.8, 4) is 11.8 Å². The molecule has 0 spiro atoms. The maximum Gasteiger partial charge on any atom is 0.235 e. The Morgan fingerprint density at radius 2 is 2.00 bits per heavy atom. The first-order valence-electron chi connectivity index (χ1n) is 5.71. The van der Waals surface area contributed by atoms with Gasteiger partial charge in [-0.05, 0) is 33.1 Å². The second-order valence-electron chi connectivity index (χ2n) is 4.40. The lowest BCUT2D eigenvalue weighted by Gasteiger charge is -2.21. The topological polar surface area (TPSA) is 37.4 Å². The van der Waals surface area contributed by atoms with Crippen molar-refractivity contribution >= 4 is 11.7 Å². The molecule has 1 fully saturated rings. The van der Waals surface area contributed by atoms with E-state index in [2.05, 4.69) is 11.8 Å². The maximum atomic E-state index is 12.0. The number of unbranched alkanes of at least 4 members (excludes halogenated alkanes) is 1. The first-order chi connectivity index (χ1) is 7.54. The van der Waals surface area contributed by atoms with E-state index in [0.717, 1.165) is 25.7 Å². The fourth-order valence-electron chi connectivity index (χ4n) is 1.84. The molecule has 0 aromatic heterocycles. The number of nitrogens with zero attached hydrogens (tertiary/aromatic N) is 1. The Balaban J connectivity index is 2.41. The predicted molar refractivity (Wildman–Crippen MR) is 62.7 cm³/mol. The van der Waals surface area contributed by atoms with Gasteiger partial charge in [0.2, 0.25) is 5.91 Å². The van der Waals surface area contributed by atoms with Crippen LogP contribution in [-0.2, 0) is 9.59 Å². The minimum absolute atomic E-state index is 0.00976. The fourth-order valence-corrected chi connectivity index (χ4v) is 1.84. The van der Waals surface area contributed by atoms with E-state index >= 15 is 0 Å². The Labute approximate surface area is 97.2 Å². The molecule has 0 aromatic rings. The monoisotopic (exact) mass is 221 g/mol. The fraction of sp³-hybridized carbons (Fsp3) is 0.692. The van der Waals surface area contributed by atoms with Gasteiger partial charge in [-0.25, -0.2) is 0 Å². The molecule has 16 heavy (non-hydrogen) atoms. The molecule has 0 unspecified atom stereocenters. The van der Waals surface area contributed by atoms with Crippen LogP contribution in [0, 0.1) is 17.3 Å². The van der Waals surface area contributed by atoms with E-state index in [-0.39, 0.29) is 11.7 Å². The number of rotatable bonds is 5. The number of hydrogen-bond acceptors (Lipinski definition) is 2. The summed E-state index contributed by atoms with van der Waals surface area (Å²) in [5.41, 5.74) is -0.662. The molecule has 1 aliphatic rings. The van der Waals surface area contributed by atoms with Crippen LogP contribution in [0.2, 0.25) is 0 Å². The van der Waals surface area contributed by atoms with Gasteiger partial charge in [-0.15, -0.1) is 11.8 Å². The summed E-state index contributed by atoms with van der Waals surface area (Å²) in [5, 5.41) is 0. The van der Waals surface area contributed by atoms with E-state index in [1.807, 2.05) is 6.92 Å². The van der Waals surface area contributed by atoms with Gasteiger partial charge in [0.25, 0.3) is 0 Å². The molecule has 1 saturated carbocycles. The molecular formula is C13H19NO2. The molecule has 0 saturated heterocycles. The molecule has 0 N–H and O–H groups in total. The van der Waals surface area contributed by atoms with E-state index in [1.54, 1.807) is 11.9 Å². The van der Waals surface area contributed by atoms with Crippen molar-refractivity contribution in [2.45, 2.75) is 39.5 Å². The van der Waals surface area contributed by atoms with Crippen LogP contribution in [0.15, 0.2) is 0 Å². The Morgan fingerprint density at radius 3 is 2.44 bits per heavy atom. The zero-order valence-corrected chi connectivity index (χ0v) is 10.3. The average molecular weight is 221 g/mol. The minimum Gasteiger partial charge on any atom is -0.345 e. The van der Waals surface area contributed by atoms with Crippen LogP contribution < -0.4 is 0 Å². The molecule has 1 aliphatic carbocycles. The standard InChI is InChI=1S/C13H19NO2/c1-4-5-6-7-10-14(3)12(16)13(8-9-13)11(2)15/h6-10H2,1-3H3. The van der Waals surface area contributed by atoms with E-state index in [1.165, 1.54) is 6.92 Å². The third-order valence-corrected chi connectivity index (χ3v) is 3.15. The SMILES string of the molecule is CC#CCCCN(C)C(=O)C1(C(C)=O)CC1. The highest BCUT2D eigenvalue weighted by molar-refractivity contribution is 6.07. The van der Waals surface area contributed by atoms with Crippen LogP contribution in [0.1, 0.15) is 39.5 Å². The van der Waals surface area contributed by atoms with Gasteiger partial charge in [-0.2, -0.15) is 0 Å². The molecule has 1 amide bonds. The third-order valence-electron chi connectivity index (χ3n) is 3.15. The van der Waals surface area contributed by atoms with Gasteiger partial charge in [0.15, 0.2) is 0 Å². The second kappa shape index (κ2) is 5.16. The van der Waals surface area contributed by atoms with Gasteiger partial charge in [-0.1, -0.05) is 0 Å². The number of hydrogen-bond donors (Lipinski definition) is 0. The Bertz CT molecular complexity index is 345. The van der Waals surface area contributed by atoms with Gasteiger partial charge in [0.05, 0.1) is 0 Å². The van der Waals surface area contributed by atoms with Crippen LogP contribution in [0.5, 0.6) is 0 Å². The first kappa shape index (κ1) is 12.8. The van der Waals surface area contributed by atoms with Gasteiger partial charge in [0.1, 0.15) is 11.2 Å². The van der Waals surface area contributed by atoms with Gasteiger partial charge in [0, 0.05) is 20.0 Å². The lowest BCUT2D eigenvalue weighted by molar-refractivity contribution is -0.141. The summed E-state index contributed by atoms with van der Waals surface area (Å²) in [7, 11) is 1.77. The molecule has 0 radical (unpaired) electrons. The molecule has 0 aliphatic heterocycles. The molecule has 3 heteroatoms. The van der Waals surface area contributed by atoms with E-state index in [4.69, 9.17) is 0 Å². The zero-order valence-electron chi connectivity index (χ0n) is 10.3. The normalized spacial score (nSPS) is 15.9. The summed E-state index contributed by atoms with van der Waals surface area (Å²) < 4.78 is 0. The highest BCUT2D eigenvalue weighted by Crippen LogP contribution is 2.47.